The molecule has 4 heteroatoms. The Morgan fingerprint density at radius 2 is 2.00 bits per heavy atom. The summed E-state index contributed by atoms with van der Waals surface area (Å²) < 4.78 is 5.27. The van der Waals surface area contributed by atoms with Crippen LogP contribution in [-0.4, -0.2) is 19.6 Å². The average Bonchev–Trinajstić information content (AvgIpc) is 2.47. The summed E-state index contributed by atoms with van der Waals surface area (Å²) in [5.74, 6) is 0.394. The first-order valence-corrected chi connectivity index (χ1v) is 6.89. The molecule has 2 aromatic carbocycles. The Hall–Kier alpha value is -2.49. The third-order valence-electron chi connectivity index (χ3n) is 3.33. The van der Waals surface area contributed by atoms with Crippen LogP contribution >= 0.6 is 0 Å². The molecule has 0 aliphatic rings. The van der Waals surface area contributed by atoms with Crippen molar-refractivity contribution in [2.75, 3.05) is 24.3 Å². The first-order valence-electron chi connectivity index (χ1n) is 6.89. The summed E-state index contributed by atoms with van der Waals surface area (Å²) in [6.07, 6.45) is 0. The van der Waals surface area contributed by atoms with Crippen molar-refractivity contribution in [2.24, 2.45) is 0 Å². The number of benzene rings is 2. The highest BCUT2D eigenvalue weighted by Crippen LogP contribution is 2.25. The van der Waals surface area contributed by atoms with E-state index in [-0.39, 0.29) is 5.91 Å². The molecule has 2 rings (SSSR count). The molecule has 0 aliphatic heterocycles. The quantitative estimate of drug-likeness (QED) is 0.877. The van der Waals surface area contributed by atoms with Crippen LogP contribution in [0.4, 0.5) is 11.4 Å². The molecule has 0 spiro atoms. The van der Waals surface area contributed by atoms with Crippen LogP contribution < -0.4 is 15.4 Å². The van der Waals surface area contributed by atoms with Crippen LogP contribution in [0.25, 0.3) is 0 Å². The molecule has 0 atom stereocenters. The Bertz CT molecular complexity index is 653. The SMILES string of the molecule is CCN(C(=O)c1ccc(N)cc1OC)c1cccc(C)c1. The van der Waals surface area contributed by atoms with Crippen molar-refractivity contribution in [3.05, 3.63) is 53.6 Å². The zero-order chi connectivity index (χ0) is 15.4. The second-order valence-corrected chi connectivity index (χ2v) is 4.85. The summed E-state index contributed by atoms with van der Waals surface area (Å²) in [4.78, 5) is 14.5. The number of nitrogens with two attached hydrogens (primary N) is 1. The molecule has 0 unspecified atom stereocenters. The van der Waals surface area contributed by atoms with Gasteiger partial charge in [-0.15, -0.1) is 0 Å². The highest BCUT2D eigenvalue weighted by atomic mass is 16.5. The van der Waals surface area contributed by atoms with Gasteiger partial charge < -0.3 is 15.4 Å². The fourth-order valence-corrected chi connectivity index (χ4v) is 2.27. The van der Waals surface area contributed by atoms with Gasteiger partial charge in [-0.25, -0.2) is 0 Å². The van der Waals surface area contributed by atoms with E-state index in [2.05, 4.69) is 0 Å². The van der Waals surface area contributed by atoms with E-state index in [0.717, 1.165) is 11.3 Å². The number of carbonyl (C=O) groups excluding carboxylic acids is 1. The largest absolute Gasteiger partial charge is 0.496 e. The number of nitrogen functional groups attached to an aromatic ring is 1. The molecule has 0 bridgehead atoms. The van der Waals surface area contributed by atoms with Crippen LogP contribution in [0.5, 0.6) is 5.75 Å². The van der Waals surface area contributed by atoms with E-state index in [1.807, 2.05) is 38.1 Å². The van der Waals surface area contributed by atoms with Crippen molar-refractivity contribution >= 4 is 17.3 Å². The lowest BCUT2D eigenvalue weighted by Crippen LogP contribution is -2.31. The van der Waals surface area contributed by atoms with E-state index in [0.29, 0.717) is 23.5 Å². The number of carbonyl (C=O) groups is 1. The van der Waals surface area contributed by atoms with Crippen molar-refractivity contribution in [3.63, 3.8) is 0 Å². The number of rotatable bonds is 4. The summed E-state index contributed by atoms with van der Waals surface area (Å²) in [6, 6.07) is 12.9. The smallest absolute Gasteiger partial charge is 0.262 e. The topological polar surface area (TPSA) is 55.6 Å². The zero-order valence-corrected chi connectivity index (χ0v) is 12.6. The monoisotopic (exact) mass is 284 g/mol. The number of nitrogens with zero attached hydrogens (tertiary/aromatic N) is 1. The van der Waals surface area contributed by atoms with Gasteiger partial charge in [-0.05, 0) is 43.7 Å². The van der Waals surface area contributed by atoms with Crippen molar-refractivity contribution in [1.29, 1.82) is 0 Å². The maximum absolute atomic E-state index is 12.8. The predicted molar refractivity (Wildman–Crippen MR) is 85.9 cm³/mol. The van der Waals surface area contributed by atoms with Gasteiger partial charge in [0.2, 0.25) is 0 Å². The van der Waals surface area contributed by atoms with Crippen molar-refractivity contribution in [3.8, 4) is 5.75 Å². The normalized spacial score (nSPS) is 10.2. The standard InChI is InChI=1S/C17H20N2O2/c1-4-19(14-7-5-6-12(2)10-14)17(20)15-9-8-13(18)11-16(15)21-3/h5-11H,4,18H2,1-3H3. The molecule has 1 amide bonds. The summed E-state index contributed by atoms with van der Waals surface area (Å²) in [5.41, 5.74) is 8.81. The Morgan fingerprint density at radius 3 is 2.62 bits per heavy atom. The predicted octanol–water partition coefficient (Wildman–Crippen LogP) is 3.25. The van der Waals surface area contributed by atoms with Crippen molar-refractivity contribution in [2.45, 2.75) is 13.8 Å². The summed E-state index contributed by atoms with van der Waals surface area (Å²) >= 11 is 0. The number of methoxy groups -OCH3 is 1. The van der Waals surface area contributed by atoms with Gasteiger partial charge in [-0.1, -0.05) is 12.1 Å². The van der Waals surface area contributed by atoms with Crippen LogP contribution in [0.1, 0.15) is 22.8 Å². The van der Waals surface area contributed by atoms with E-state index < -0.39 is 0 Å². The maximum Gasteiger partial charge on any atom is 0.262 e. The molecular weight excluding hydrogens is 264 g/mol. The van der Waals surface area contributed by atoms with Gasteiger partial charge in [0.15, 0.2) is 0 Å². The minimum Gasteiger partial charge on any atom is -0.496 e. The number of hydrogen-bond acceptors (Lipinski definition) is 3. The molecule has 110 valence electrons. The minimum atomic E-state index is -0.0973. The molecule has 0 fully saturated rings. The van der Waals surface area contributed by atoms with Crippen LogP contribution in [-0.2, 0) is 0 Å². The van der Waals surface area contributed by atoms with Gasteiger partial charge in [0.25, 0.3) is 5.91 Å². The minimum absolute atomic E-state index is 0.0973. The number of ether oxygens (including phenoxy) is 1. The van der Waals surface area contributed by atoms with E-state index >= 15 is 0 Å². The summed E-state index contributed by atoms with van der Waals surface area (Å²) in [7, 11) is 1.54. The van der Waals surface area contributed by atoms with Crippen LogP contribution in [0, 0.1) is 6.92 Å². The Morgan fingerprint density at radius 1 is 1.24 bits per heavy atom. The molecule has 21 heavy (non-hydrogen) atoms. The molecule has 0 heterocycles. The summed E-state index contributed by atoms with van der Waals surface area (Å²) in [5, 5.41) is 0. The van der Waals surface area contributed by atoms with Crippen LogP contribution in [0.2, 0.25) is 0 Å². The average molecular weight is 284 g/mol. The molecule has 0 saturated carbocycles. The Labute approximate surface area is 125 Å². The fraction of sp³-hybridized carbons (Fsp3) is 0.235. The first kappa shape index (κ1) is 14.9. The second kappa shape index (κ2) is 6.31. The third kappa shape index (κ3) is 3.16. The van der Waals surface area contributed by atoms with Gasteiger partial charge in [0, 0.05) is 24.0 Å². The van der Waals surface area contributed by atoms with Gasteiger partial charge in [0.1, 0.15) is 5.75 Å². The third-order valence-corrected chi connectivity index (χ3v) is 3.33. The van der Waals surface area contributed by atoms with Gasteiger partial charge >= 0.3 is 0 Å². The maximum atomic E-state index is 12.8. The molecular formula is C17H20N2O2. The molecule has 4 nitrogen and oxygen atoms in total. The van der Waals surface area contributed by atoms with E-state index in [1.165, 1.54) is 7.11 Å². The van der Waals surface area contributed by atoms with Gasteiger partial charge in [0.05, 0.1) is 12.7 Å². The van der Waals surface area contributed by atoms with E-state index in [9.17, 15) is 4.79 Å². The molecule has 2 aromatic rings. The lowest BCUT2D eigenvalue weighted by Gasteiger charge is -2.22. The van der Waals surface area contributed by atoms with Crippen molar-refractivity contribution < 1.29 is 9.53 Å². The lowest BCUT2D eigenvalue weighted by molar-refractivity contribution is 0.0985. The molecule has 0 radical (unpaired) electrons. The second-order valence-electron chi connectivity index (χ2n) is 4.85. The van der Waals surface area contributed by atoms with Crippen LogP contribution in [0.3, 0.4) is 0 Å². The first-order chi connectivity index (χ1) is 10.1. The van der Waals surface area contributed by atoms with Crippen molar-refractivity contribution in [1.82, 2.24) is 0 Å². The zero-order valence-electron chi connectivity index (χ0n) is 12.6. The number of hydrogen-bond donors (Lipinski definition) is 1. The highest BCUT2D eigenvalue weighted by molar-refractivity contribution is 6.08. The van der Waals surface area contributed by atoms with E-state index in [1.54, 1.807) is 23.1 Å². The highest BCUT2D eigenvalue weighted by Gasteiger charge is 2.20. The molecule has 0 aromatic heterocycles. The molecule has 0 saturated heterocycles. The Balaban J connectivity index is 2.41. The number of amides is 1. The van der Waals surface area contributed by atoms with Gasteiger partial charge in [-0.3, -0.25) is 4.79 Å². The van der Waals surface area contributed by atoms with E-state index in [4.69, 9.17) is 10.5 Å². The summed E-state index contributed by atoms with van der Waals surface area (Å²) in [6.45, 7) is 4.53. The fourth-order valence-electron chi connectivity index (χ4n) is 2.27. The van der Waals surface area contributed by atoms with Gasteiger partial charge in [-0.2, -0.15) is 0 Å². The number of aryl methyl sites for hydroxylation is 1. The van der Waals surface area contributed by atoms with Crippen LogP contribution in [0.15, 0.2) is 42.5 Å². The number of anilines is 2. The Kier molecular flexibility index (Phi) is 4.48. The lowest BCUT2D eigenvalue weighted by atomic mass is 10.1. The molecule has 0 aliphatic carbocycles. The molecule has 2 N–H and O–H groups in total.